The molecular formula is C21H25N3O2S. The maximum atomic E-state index is 9.20. The van der Waals surface area contributed by atoms with Crippen LogP contribution in [0.25, 0.3) is 0 Å². The Kier molecular flexibility index (Phi) is 3.69. The molecule has 0 aliphatic carbocycles. The molecule has 6 heteroatoms. The highest BCUT2D eigenvalue weighted by molar-refractivity contribution is 7.99. The number of aliphatic hydroxyl groups is 1. The number of nitrogens with zero attached hydrogens (tertiary/aromatic N) is 3. The second kappa shape index (κ2) is 8.89. The number of amidine groups is 1. The molecule has 2 aromatic carbocycles. The second-order valence-corrected chi connectivity index (χ2v) is 6.93. The third-order valence-corrected chi connectivity index (χ3v) is 5.25. The van der Waals surface area contributed by atoms with Crippen molar-refractivity contribution in [2.24, 2.45) is 4.99 Å². The fraction of sp³-hybridized carbons (Fsp3) is 0.381. The van der Waals surface area contributed by atoms with Crippen LogP contribution < -0.4 is 0 Å². The van der Waals surface area contributed by atoms with Crippen LogP contribution in [0.5, 0.6) is 0 Å². The number of fused-ring (bicyclic) bond motifs is 2. The Morgan fingerprint density at radius 1 is 1.11 bits per heavy atom. The summed E-state index contributed by atoms with van der Waals surface area (Å²) in [4.78, 5) is 8.91. The number of para-hydroxylation sites is 1. The van der Waals surface area contributed by atoms with Gasteiger partial charge in [-0.2, -0.15) is 0 Å². The zero-order chi connectivity index (χ0) is 25.6. The molecule has 2 aliphatic heterocycles. The minimum Gasteiger partial charge on any atom is -0.394 e. The number of hydrogen-bond donors (Lipinski definition) is 1. The second-order valence-electron chi connectivity index (χ2n) is 5.85. The first-order valence-electron chi connectivity index (χ1n) is 12.5. The van der Waals surface area contributed by atoms with E-state index in [0.29, 0.717) is 11.5 Å². The van der Waals surface area contributed by atoms with Crippen LogP contribution in [0.4, 0.5) is 5.69 Å². The number of rotatable bonds is 5. The Bertz CT molecular complexity index is 1110. The zero-order valence-corrected chi connectivity index (χ0v) is 15.4. The molecule has 0 spiro atoms. The molecule has 2 aromatic rings. The van der Waals surface area contributed by atoms with E-state index in [0.717, 1.165) is 20.3 Å². The first-order valence-corrected chi connectivity index (χ1v) is 9.33. The highest BCUT2D eigenvalue weighted by Gasteiger charge is 2.24. The summed E-state index contributed by atoms with van der Waals surface area (Å²) in [6, 6.07) is 15.1. The van der Waals surface area contributed by atoms with Crippen molar-refractivity contribution >= 4 is 23.3 Å². The van der Waals surface area contributed by atoms with Crippen LogP contribution >= 0.6 is 11.8 Å². The van der Waals surface area contributed by atoms with Crippen molar-refractivity contribution in [3.63, 3.8) is 0 Å². The molecule has 0 amide bonds. The fourth-order valence-corrected chi connectivity index (χ4v) is 3.84. The van der Waals surface area contributed by atoms with Gasteiger partial charge in [-0.25, -0.2) is 4.99 Å². The van der Waals surface area contributed by atoms with E-state index in [1.165, 1.54) is 11.8 Å². The van der Waals surface area contributed by atoms with Gasteiger partial charge in [0.1, 0.15) is 5.84 Å². The van der Waals surface area contributed by atoms with Gasteiger partial charge < -0.3 is 14.7 Å². The van der Waals surface area contributed by atoms with Crippen molar-refractivity contribution in [1.82, 2.24) is 9.80 Å². The lowest BCUT2D eigenvalue weighted by molar-refractivity contribution is 0.0652. The predicted molar refractivity (Wildman–Crippen MR) is 109 cm³/mol. The minimum atomic E-state index is -2.77. The van der Waals surface area contributed by atoms with Crippen molar-refractivity contribution in [2.75, 3.05) is 52.4 Å². The smallest absolute Gasteiger partial charge is 0.137 e. The summed E-state index contributed by atoms with van der Waals surface area (Å²) in [6.07, 6.45) is 0. The van der Waals surface area contributed by atoms with Gasteiger partial charge >= 0.3 is 0 Å². The van der Waals surface area contributed by atoms with E-state index >= 15 is 0 Å². The summed E-state index contributed by atoms with van der Waals surface area (Å²) in [5.74, 6) is 0.429. The quantitative estimate of drug-likeness (QED) is 0.849. The molecule has 1 N–H and O–H groups in total. The van der Waals surface area contributed by atoms with Crippen LogP contribution in [0.15, 0.2) is 63.3 Å². The number of hydrogen-bond acceptors (Lipinski definition) is 6. The van der Waals surface area contributed by atoms with Crippen LogP contribution in [-0.4, -0.2) is 73.1 Å². The lowest BCUT2D eigenvalue weighted by Gasteiger charge is -2.36. The van der Waals surface area contributed by atoms with Gasteiger partial charge in [0, 0.05) is 53.5 Å². The first kappa shape index (κ1) is 11.2. The highest BCUT2D eigenvalue weighted by Crippen LogP contribution is 2.40. The molecule has 0 aromatic heterocycles. The molecule has 0 bridgehead atoms. The standard InChI is InChI=1S/C21H25N3O2S/c25-14-16-26-15-13-23-9-11-24(12-10-23)21-17-5-1-3-7-19(17)27-20-8-4-2-6-18(20)22-21/h1-8,25H,9-16H2/i9D2,10D2,14D2,15D2. The molecule has 5 nitrogen and oxygen atoms in total. The molecule has 2 heterocycles. The van der Waals surface area contributed by atoms with Gasteiger partial charge in [-0.3, -0.25) is 4.90 Å². The molecular weight excluding hydrogens is 358 g/mol. The van der Waals surface area contributed by atoms with E-state index in [4.69, 9.17) is 20.7 Å². The Labute approximate surface area is 175 Å². The van der Waals surface area contributed by atoms with Gasteiger partial charge in [0.15, 0.2) is 0 Å². The van der Waals surface area contributed by atoms with E-state index in [1.54, 1.807) is 4.90 Å². The Morgan fingerprint density at radius 2 is 1.85 bits per heavy atom. The van der Waals surface area contributed by atoms with Gasteiger partial charge in [0.05, 0.1) is 30.9 Å². The summed E-state index contributed by atoms with van der Waals surface area (Å²) in [7, 11) is 0. The SMILES string of the molecule is [2H]C([2H])(O)COC([2H])([2H])CN1C([2H])([2H])CN(C2=Nc3ccccc3Sc3ccccc32)CC1([2H])[2H]. The van der Waals surface area contributed by atoms with Crippen molar-refractivity contribution in [3.8, 4) is 0 Å². The summed E-state index contributed by atoms with van der Waals surface area (Å²) >= 11 is 1.53. The molecule has 2 aliphatic rings. The van der Waals surface area contributed by atoms with Gasteiger partial charge in [-0.05, 0) is 18.2 Å². The summed E-state index contributed by atoms with van der Waals surface area (Å²) in [5, 5.41) is 9.20. The molecule has 27 heavy (non-hydrogen) atoms. The first-order chi connectivity index (χ1) is 16.2. The van der Waals surface area contributed by atoms with Crippen molar-refractivity contribution < 1.29 is 20.8 Å². The number of ether oxygens (including phenoxy) is 1. The minimum absolute atomic E-state index is 0.288. The number of aliphatic imine (C=N–C) groups is 1. The Morgan fingerprint density at radius 3 is 2.67 bits per heavy atom. The van der Waals surface area contributed by atoms with Gasteiger partial charge in [-0.1, -0.05) is 42.1 Å². The third kappa shape index (κ3) is 4.35. The normalized spacial score (nSPS) is 26.3. The van der Waals surface area contributed by atoms with Crippen molar-refractivity contribution in [1.29, 1.82) is 0 Å². The zero-order valence-electron chi connectivity index (χ0n) is 22.6. The molecule has 142 valence electrons. The molecule has 0 saturated carbocycles. The van der Waals surface area contributed by atoms with E-state index in [1.807, 2.05) is 48.5 Å². The number of benzene rings is 2. The van der Waals surface area contributed by atoms with Crippen LogP contribution in [0, 0.1) is 0 Å². The Balaban J connectivity index is 1.65. The third-order valence-electron chi connectivity index (χ3n) is 4.11. The van der Waals surface area contributed by atoms with E-state index < -0.39 is 39.3 Å². The van der Waals surface area contributed by atoms with Crippen LogP contribution in [0.2, 0.25) is 0 Å². The largest absolute Gasteiger partial charge is 0.394 e. The number of piperazine rings is 1. The lowest BCUT2D eigenvalue weighted by Crippen LogP contribution is -2.49. The highest BCUT2D eigenvalue weighted by atomic mass is 32.2. The maximum Gasteiger partial charge on any atom is 0.137 e. The summed E-state index contributed by atoms with van der Waals surface area (Å²) in [5.41, 5.74) is 1.44. The molecule has 0 atom stereocenters. The molecule has 0 radical (unpaired) electrons. The summed E-state index contributed by atoms with van der Waals surface area (Å²) < 4.78 is 69.5. The Hall–Kier alpha value is -1.86. The lowest BCUT2D eigenvalue weighted by atomic mass is 10.1. The maximum absolute atomic E-state index is 9.20. The summed E-state index contributed by atoms with van der Waals surface area (Å²) in [6.45, 7) is -12.4. The van der Waals surface area contributed by atoms with Crippen LogP contribution in [0.1, 0.15) is 16.5 Å². The van der Waals surface area contributed by atoms with Gasteiger partial charge in [0.2, 0.25) is 0 Å². The average Bonchev–Trinajstić information content (AvgIpc) is 2.91. The predicted octanol–water partition coefficient (Wildman–Crippen LogP) is 2.86. The topological polar surface area (TPSA) is 48.3 Å². The molecule has 0 unspecified atom stereocenters. The van der Waals surface area contributed by atoms with E-state index in [-0.39, 0.29) is 13.1 Å². The van der Waals surface area contributed by atoms with Gasteiger partial charge in [0.25, 0.3) is 0 Å². The van der Waals surface area contributed by atoms with Crippen molar-refractivity contribution in [3.05, 3.63) is 54.1 Å². The van der Waals surface area contributed by atoms with Gasteiger partial charge in [-0.15, -0.1) is 0 Å². The van der Waals surface area contributed by atoms with E-state index in [9.17, 15) is 5.11 Å². The average molecular weight is 392 g/mol. The molecule has 1 saturated heterocycles. The molecule has 1 fully saturated rings. The fourth-order valence-electron chi connectivity index (χ4n) is 2.82. The monoisotopic (exact) mass is 391 g/mol. The van der Waals surface area contributed by atoms with Crippen molar-refractivity contribution in [2.45, 2.75) is 9.79 Å². The van der Waals surface area contributed by atoms with Crippen LogP contribution in [0.3, 0.4) is 0 Å². The van der Waals surface area contributed by atoms with E-state index in [2.05, 4.69) is 0 Å². The van der Waals surface area contributed by atoms with Crippen LogP contribution in [-0.2, 0) is 4.74 Å². The molecule has 4 rings (SSSR count).